The van der Waals surface area contributed by atoms with Gasteiger partial charge >= 0.3 is 0 Å². The number of amides is 1. The first kappa shape index (κ1) is 23.0. The second kappa shape index (κ2) is 8.62. The summed E-state index contributed by atoms with van der Waals surface area (Å²) in [4.78, 5) is 14.3. The van der Waals surface area contributed by atoms with Crippen molar-refractivity contribution < 1.29 is 21.6 Å². The third kappa shape index (κ3) is 5.63. The standard InChI is InChI=1S/C19H25N3O5S2/c1-13(2)21-29(26,27)18-10-6-8-16(12-18)19(23)22(4)14(3)15-7-5-9-17(11-15)28(20,24)25/h5-14,21H,1-4H3,(H2,20,24,25). The van der Waals surface area contributed by atoms with E-state index in [1.54, 1.807) is 40.0 Å². The normalized spacial score (nSPS) is 13.3. The fourth-order valence-electron chi connectivity index (χ4n) is 2.73. The molecule has 0 aliphatic carbocycles. The van der Waals surface area contributed by atoms with E-state index in [0.29, 0.717) is 5.56 Å². The molecule has 10 heteroatoms. The first-order valence-corrected chi connectivity index (χ1v) is 11.9. The molecule has 1 atom stereocenters. The van der Waals surface area contributed by atoms with Gasteiger partial charge in [-0.25, -0.2) is 26.7 Å². The van der Waals surface area contributed by atoms with Crippen LogP contribution < -0.4 is 9.86 Å². The molecule has 2 aromatic carbocycles. The van der Waals surface area contributed by atoms with Crippen LogP contribution in [0.4, 0.5) is 0 Å². The molecule has 0 saturated heterocycles. The third-order valence-electron chi connectivity index (χ3n) is 4.35. The number of carbonyl (C=O) groups is 1. The zero-order chi connectivity index (χ0) is 22.0. The lowest BCUT2D eigenvalue weighted by Gasteiger charge is -2.26. The van der Waals surface area contributed by atoms with E-state index in [0.717, 1.165) is 0 Å². The van der Waals surface area contributed by atoms with E-state index in [-0.39, 0.29) is 21.4 Å². The Kier molecular flexibility index (Phi) is 6.84. The van der Waals surface area contributed by atoms with Gasteiger partial charge in [0.15, 0.2) is 0 Å². The Morgan fingerprint density at radius 1 is 0.966 bits per heavy atom. The Morgan fingerprint density at radius 3 is 2.14 bits per heavy atom. The minimum absolute atomic E-state index is 0.00525. The average Bonchev–Trinajstić information content (AvgIpc) is 2.64. The smallest absolute Gasteiger partial charge is 0.254 e. The molecule has 0 spiro atoms. The summed E-state index contributed by atoms with van der Waals surface area (Å²) in [5.41, 5.74) is 0.784. The van der Waals surface area contributed by atoms with Crippen LogP contribution in [0.15, 0.2) is 58.3 Å². The predicted octanol–water partition coefficient (Wildman–Crippen LogP) is 1.85. The van der Waals surface area contributed by atoms with E-state index in [9.17, 15) is 21.6 Å². The van der Waals surface area contributed by atoms with Gasteiger partial charge in [0, 0.05) is 18.7 Å². The summed E-state index contributed by atoms with van der Waals surface area (Å²) >= 11 is 0. The van der Waals surface area contributed by atoms with Crippen LogP contribution in [-0.2, 0) is 20.0 Å². The zero-order valence-electron chi connectivity index (χ0n) is 16.7. The number of nitrogens with zero attached hydrogens (tertiary/aromatic N) is 1. The lowest BCUT2D eigenvalue weighted by molar-refractivity contribution is 0.0742. The summed E-state index contributed by atoms with van der Waals surface area (Å²) < 4.78 is 50.4. The molecule has 0 aliphatic rings. The third-order valence-corrected chi connectivity index (χ3v) is 6.92. The molecule has 1 amide bonds. The maximum Gasteiger partial charge on any atom is 0.254 e. The van der Waals surface area contributed by atoms with Crippen LogP contribution in [-0.4, -0.2) is 40.7 Å². The minimum atomic E-state index is -3.87. The van der Waals surface area contributed by atoms with E-state index in [4.69, 9.17) is 5.14 Å². The van der Waals surface area contributed by atoms with Gasteiger partial charge in [-0.3, -0.25) is 4.79 Å². The van der Waals surface area contributed by atoms with E-state index in [2.05, 4.69) is 4.72 Å². The van der Waals surface area contributed by atoms with Crippen LogP contribution in [0.5, 0.6) is 0 Å². The van der Waals surface area contributed by atoms with Crippen molar-refractivity contribution in [2.45, 2.75) is 42.6 Å². The van der Waals surface area contributed by atoms with Crippen molar-refractivity contribution >= 4 is 26.0 Å². The van der Waals surface area contributed by atoms with Crippen LogP contribution in [0.25, 0.3) is 0 Å². The van der Waals surface area contributed by atoms with E-state index < -0.39 is 32.0 Å². The van der Waals surface area contributed by atoms with Crippen molar-refractivity contribution in [2.75, 3.05) is 7.05 Å². The number of nitrogens with one attached hydrogen (secondary N) is 1. The van der Waals surface area contributed by atoms with Gasteiger partial charge in [0.25, 0.3) is 5.91 Å². The molecule has 0 fully saturated rings. The topological polar surface area (TPSA) is 127 Å². The summed E-state index contributed by atoms with van der Waals surface area (Å²) in [6, 6.07) is 11.0. The summed E-state index contributed by atoms with van der Waals surface area (Å²) in [6.45, 7) is 5.15. The van der Waals surface area contributed by atoms with Gasteiger partial charge in [0.1, 0.15) is 0 Å². The first-order chi connectivity index (χ1) is 13.3. The summed E-state index contributed by atoms with van der Waals surface area (Å²) in [6.07, 6.45) is 0. The molecule has 158 valence electrons. The number of hydrogen-bond donors (Lipinski definition) is 2. The van der Waals surface area contributed by atoms with Crippen molar-refractivity contribution in [2.24, 2.45) is 5.14 Å². The van der Waals surface area contributed by atoms with Crippen molar-refractivity contribution in [1.29, 1.82) is 0 Å². The maximum atomic E-state index is 12.9. The molecule has 8 nitrogen and oxygen atoms in total. The van der Waals surface area contributed by atoms with Gasteiger partial charge in [-0.2, -0.15) is 0 Å². The Hall–Kier alpha value is -2.27. The van der Waals surface area contributed by atoms with E-state index >= 15 is 0 Å². The summed E-state index contributed by atoms with van der Waals surface area (Å²) in [5, 5.41) is 5.17. The summed E-state index contributed by atoms with van der Waals surface area (Å²) in [5.74, 6) is -0.403. The number of primary sulfonamides is 1. The van der Waals surface area contributed by atoms with Gasteiger partial charge < -0.3 is 4.90 Å². The van der Waals surface area contributed by atoms with Crippen LogP contribution >= 0.6 is 0 Å². The monoisotopic (exact) mass is 439 g/mol. The quantitative estimate of drug-likeness (QED) is 0.681. The second-order valence-electron chi connectivity index (χ2n) is 7.01. The molecule has 0 aromatic heterocycles. The fraction of sp³-hybridized carbons (Fsp3) is 0.316. The molecular weight excluding hydrogens is 414 g/mol. The number of nitrogens with two attached hydrogens (primary N) is 1. The maximum absolute atomic E-state index is 12.9. The lowest BCUT2D eigenvalue weighted by atomic mass is 10.1. The molecule has 2 rings (SSSR count). The van der Waals surface area contributed by atoms with Gasteiger partial charge in [-0.05, 0) is 56.7 Å². The molecule has 1 unspecified atom stereocenters. The Morgan fingerprint density at radius 2 is 1.55 bits per heavy atom. The highest BCUT2D eigenvalue weighted by Gasteiger charge is 2.22. The highest BCUT2D eigenvalue weighted by molar-refractivity contribution is 7.89. The Bertz CT molecular complexity index is 1110. The van der Waals surface area contributed by atoms with Gasteiger partial charge in [0.2, 0.25) is 20.0 Å². The predicted molar refractivity (Wildman–Crippen MR) is 110 cm³/mol. The highest BCUT2D eigenvalue weighted by Crippen LogP contribution is 2.23. The van der Waals surface area contributed by atoms with Crippen molar-refractivity contribution in [1.82, 2.24) is 9.62 Å². The second-order valence-corrected chi connectivity index (χ2v) is 10.3. The molecule has 0 heterocycles. The largest absolute Gasteiger partial charge is 0.335 e. The van der Waals surface area contributed by atoms with Crippen molar-refractivity contribution in [3.8, 4) is 0 Å². The molecule has 0 aliphatic heterocycles. The molecule has 0 radical (unpaired) electrons. The number of carbonyl (C=O) groups excluding carboxylic acids is 1. The molecule has 0 saturated carbocycles. The van der Waals surface area contributed by atoms with Crippen molar-refractivity contribution in [3.63, 3.8) is 0 Å². The van der Waals surface area contributed by atoms with Gasteiger partial charge in [0.05, 0.1) is 15.8 Å². The SMILES string of the molecule is CC(C)NS(=O)(=O)c1cccc(C(=O)N(C)C(C)c2cccc(S(N)(=O)=O)c2)c1. The Labute approximate surface area is 171 Å². The number of sulfonamides is 2. The van der Waals surface area contributed by atoms with E-state index in [1.165, 1.54) is 41.3 Å². The number of rotatable bonds is 7. The van der Waals surface area contributed by atoms with Gasteiger partial charge in [-0.15, -0.1) is 0 Å². The number of benzene rings is 2. The fourth-order valence-corrected chi connectivity index (χ4v) is 4.59. The minimum Gasteiger partial charge on any atom is -0.335 e. The molecular formula is C19H25N3O5S2. The molecule has 2 aromatic rings. The van der Waals surface area contributed by atoms with Crippen molar-refractivity contribution in [3.05, 3.63) is 59.7 Å². The zero-order valence-corrected chi connectivity index (χ0v) is 18.3. The Balaban J connectivity index is 2.32. The summed E-state index contributed by atoms with van der Waals surface area (Å²) in [7, 11) is -6.04. The van der Waals surface area contributed by atoms with Crippen LogP contribution in [0.3, 0.4) is 0 Å². The lowest BCUT2D eigenvalue weighted by Crippen LogP contribution is -2.31. The molecule has 0 bridgehead atoms. The van der Waals surface area contributed by atoms with Crippen LogP contribution in [0.2, 0.25) is 0 Å². The van der Waals surface area contributed by atoms with Crippen LogP contribution in [0, 0.1) is 0 Å². The van der Waals surface area contributed by atoms with E-state index in [1.807, 2.05) is 0 Å². The van der Waals surface area contributed by atoms with Crippen LogP contribution in [0.1, 0.15) is 42.7 Å². The first-order valence-electron chi connectivity index (χ1n) is 8.85. The average molecular weight is 440 g/mol. The number of hydrogen-bond acceptors (Lipinski definition) is 5. The molecule has 3 N–H and O–H groups in total. The van der Waals surface area contributed by atoms with Gasteiger partial charge in [-0.1, -0.05) is 18.2 Å². The molecule has 29 heavy (non-hydrogen) atoms. The highest BCUT2D eigenvalue weighted by atomic mass is 32.2.